The van der Waals surface area contributed by atoms with Gasteiger partial charge in [-0.15, -0.1) is 10.2 Å². The summed E-state index contributed by atoms with van der Waals surface area (Å²) in [7, 11) is 3.48. The average Bonchev–Trinajstić information content (AvgIpc) is 2.04. The summed E-state index contributed by atoms with van der Waals surface area (Å²) in [5, 5.41) is 15.8. The Morgan fingerprint density at radius 2 is 2.15 bits per heavy atom. The molecule has 0 aliphatic heterocycles. The molecule has 1 aromatic heterocycles. The number of nitrogens with zero attached hydrogens (tertiary/aromatic N) is 3. The number of carbonyl (C=O) groups is 1. The Hall–Kier alpha value is -1.36. The zero-order valence-corrected chi connectivity index (χ0v) is 7.91. The Kier molecular flexibility index (Phi) is 2.67. The lowest BCUT2D eigenvalue weighted by Gasteiger charge is -2.10. The summed E-state index contributed by atoms with van der Waals surface area (Å²) >= 11 is 5.52. The molecule has 0 fully saturated rings. The van der Waals surface area contributed by atoms with E-state index in [9.17, 15) is 4.79 Å². The summed E-state index contributed by atoms with van der Waals surface area (Å²) in [6.07, 6.45) is 0. The van der Waals surface area contributed by atoms with Gasteiger partial charge in [-0.3, -0.25) is 0 Å². The van der Waals surface area contributed by atoms with E-state index in [-0.39, 0.29) is 10.7 Å². The summed E-state index contributed by atoms with van der Waals surface area (Å²) in [5.74, 6) is -0.648. The summed E-state index contributed by atoms with van der Waals surface area (Å²) < 4.78 is 0. The molecule has 1 heterocycles. The fraction of sp³-hybridized carbons (Fsp3) is 0.286. The van der Waals surface area contributed by atoms with Gasteiger partial charge in [0.1, 0.15) is 5.56 Å². The lowest BCUT2D eigenvalue weighted by Crippen LogP contribution is -2.13. The van der Waals surface area contributed by atoms with Crippen molar-refractivity contribution in [2.45, 2.75) is 0 Å². The molecule has 0 bridgehead atoms. The predicted molar refractivity (Wildman–Crippen MR) is 48.3 cm³/mol. The normalized spacial score (nSPS) is 9.77. The van der Waals surface area contributed by atoms with Crippen molar-refractivity contribution in [3.8, 4) is 0 Å². The molecular weight excluding hydrogens is 194 g/mol. The largest absolute Gasteiger partial charge is 0.478 e. The van der Waals surface area contributed by atoms with Crippen LogP contribution in [0.5, 0.6) is 0 Å². The second kappa shape index (κ2) is 3.57. The second-order valence-electron chi connectivity index (χ2n) is 2.61. The third kappa shape index (κ3) is 2.06. The number of halogens is 1. The van der Waals surface area contributed by atoms with Crippen LogP contribution >= 0.6 is 11.6 Å². The van der Waals surface area contributed by atoms with Crippen molar-refractivity contribution >= 4 is 23.4 Å². The van der Waals surface area contributed by atoms with Crippen LogP contribution in [0.3, 0.4) is 0 Å². The van der Waals surface area contributed by atoms with Crippen molar-refractivity contribution < 1.29 is 9.90 Å². The minimum atomic E-state index is -1.11. The minimum absolute atomic E-state index is 0.0413. The number of carboxylic acid groups (broad SMARTS) is 1. The molecule has 0 saturated carbocycles. The molecule has 5 nitrogen and oxygen atoms in total. The summed E-state index contributed by atoms with van der Waals surface area (Å²) in [5.41, 5.74) is -0.0413. The number of hydrogen-bond acceptors (Lipinski definition) is 4. The summed E-state index contributed by atoms with van der Waals surface area (Å²) in [6, 6.07) is 1.37. The van der Waals surface area contributed by atoms with Crippen LogP contribution in [0.2, 0.25) is 5.15 Å². The van der Waals surface area contributed by atoms with Gasteiger partial charge in [0.15, 0.2) is 11.0 Å². The van der Waals surface area contributed by atoms with Crippen molar-refractivity contribution in [2.24, 2.45) is 0 Å². The monoisotopic (exact) mass is 201 g/mol. The van der Waals surface area contributed by atoms with Gasteiger partial charge in [-0.25, -0.2) is 4.79 Å². The Morgan fingerprint density at radius 1 is 1.54 bits per heavy atom. The quantitative estimate of drug-likeness (QED) is 0.770. The minimum Gasteiger partial charge on any atom is -0.478 e. The average molecular weight is 202 g/mol. The van der Waals surface area contributed by atoms with Crippen molar-refractivity contribution in [1.82, 2.24) is 10.2 Å². The molecule has 0 unspecified atom stereocenters. The summed E-state index contributed by atoms with van der Waals surface area (Å²) in [6.45, 7) is 0. The molecule has 1 rings (SSSR count). The molecule has 0 radical (unpaired) electrons. The van der Waals surface area contributed by atoms with Gasteiger partial charge in [0, 0.05) is 20.2 Å². The zero-order valence-electron chi connectivity index (χ0n) is 7.15. The summed E-state index contributed by atoms with van der Waals surface area (Å²) in [4.78, 5) is 12.3. The van der Waals surface area contributed by atoms with Crippen LogP contribution in [-0.4, -0.2) is 35.4 Å². The van der Waals surface area contributed by atoms with E-state index >= 15 is 0 Å². The molecule has 70 valence electrons. The van der Waals surface area contributed by atoms with Gasteiger partial charge in [-0.2, -0.15) is 0 Å². The lowest BCUT2D eigenvalue weighted by molar-refractivity contribution is 0.0696. The highest BCUT2D eigenvalue weighted by molar-refractivity contribution is 6.32. The van der Waals surface area contributed by atoms with Gasteiger partial charge in [0.25, 0.3) is 0 Å². The molecule has 1 aromatic rings. The highest BCUT2D eigenvalue weighted by Crippen LogP contribution is 2.16. The van der Waals surface area contributed by atoms with E-state index in [1.54, 1.807) is 19.0 Å². The molecule has 0 aliphatic carbocycles. The fourth-order valence-electron chi connectivity index (χ4n) is 0.735. The van der Waals surface area contributed by atoms with Crippen molar-refractivity contribution in [1.29, 1.82) is 0 Å². The van der Waals surface area contributed by atoms with Gasteiger partial charge in [-0.1, -0.05) is 11.6 Å². The van der Waals surface area contributed by atoms with Crippen molar-refractivity contribution in [3.05, 3.63) is 16.8 Å². The SMILES string of the molecule is CN(C)c1cc(C(=O)O)c(Cl)nn1. The maximum atomic E-state index is 10.6. The van der Waals surface area contributed by atoms with Crippen LogP contribution in [-0.2, 0) is 0 Å². The molecule has 0 atom stereocenters. The van der Waals surface area contributed by atoms with Crippen LogP contribution in [0.4, 0.5) is 5.82 Å². The predicted octanol–water partition coefficient (Wildman–Crippen LogP) is 0.894. The van der Waals surface area contributed by atoms with Gasteiger partial charge in [-0.05, 0) is 0 Å². The van der Waals surface area contributed by atoms with E-state index in [1.807, 2.05) is 0 Å². The molecule has 0 aromatic carbocycles. The van der Waals surface area contributed by atoms with Crippen LogP contribution in [0.1, 0.15) is 10.4 Å². The molecule has 0 spiro atoms. The number of carboxylic acids is 1. The van der Waals surface area contributed by atoms with Gasteiger partial charge in [0.05, 0.1) is 0 Å². The molecular formula is C7H8ClN3O2. The number of rotatable bonds is 2. The maximum Gasteiger partial charge on any atom is 0.339 e. The van der Waals surface area contributed by atoms with Gasteiger partial charge in [0.2, 0.25) is 0 Å². The van der Waals surface area contributed by atoms with Crippen molar-refractivity contribution in [3.63, 3.8) is 0 Å². The Balaban J connectivity index is 3.19. The molecule has 6 heteroatoms. The van der Waals surface area contributed by atoms with Crippen LogP contribution < -0.4 is 4.90 Å². The van der Waals surface area contributed by atoms with E-state index in [1.165, 1.54) is 6.07 Å². The van der Waals surface area contributed by atoms with Crippen LogP contribution in [0.25, 0.3) is 0 Å². The van der Waals surface area contributed by atoms with E-state index in [0.29, 0.717) is 5.82 Å². The van der Waals surface area contributed by atoms with Crippen LogP contribution in [0.15, 0.2) is 6.07 Å². The van der Waals surface area contributed by atoms with E-state index < -0.39 is 5.97 Å². The van der Waals surface area contributed by atoms with Crippen molar-refractivity contribution in [2.75, 3.05) is 19.0 Å². The first-order valence-corrected chi connectivity index (χ1v) is 3.84. The first-order valence-electron chi connectivity index (χ1n) is 3.46. The topological polar surface area (TPSA) is 66.3 Å². The number of aromatic nitrogens is 2. The van der Waals surface area contributed by atoms with E-state index in [4.69, 9.17) is 16.7 Å². The Labute approximate surface area is 80.0 Å². The molecule has 1 N–H and O–H groups in total. The highest BCUT2D eigenvalue weighted by Gasteiger charge is 2.12. The number of anilines is 1. The number of aromatic carboxylic acids is 1. The van der Waals surface area contributed by atoms with Crippen LogP contribution in [0, 0.1) is 0 Å². The third-order valence-electron chi connectivity index (χ3n) is 1.42. The number of hydrogen-bond donors (Lipinski definition) is 1. The fourth-order valence-corrected chi connectivity index (χ4v) is 0.908. The van der Waals surface area contributed by atoms with E-state index in [2.05, 4.69) is 10.2 Å². The smallest absolute Gasteiger partial charge is 0.339 e. The standard InChI is InChI=1S/C7H8ClN3O2/c1-11(2)5-3-4(7(12)13)6(8)10-9-5/h3H,1-2H3,(H,12,13). The lowest BCUT2D eigenvalue weighted by atomic mass is 10.3. The molecule has 0 amide bonds. The molecule has 0 aliphatic rings. The maximum absolute atomic E-state index is 10.6. The van der Waals surface area contributed by atoms with Gasteiger partial charge < -0.3 is 10.0 Å². The Bertz CT molecular complexity index is 341. The first-order chi connectivity index (χ1) is 6.02. The second-order valence-corrected chi connectivity index (χ2v) is 2.96. The Morgan fingerprint density at radius 3 is 2.62 bits per heavy atom. The van der Waals surface area contributed by atoms with Gasteiger partial charge >= 0.3 is 5.97 Å². The van der Waals surface area contributed by atoms with E-state index in [0.717, 1.165) is 0 Å². The highest BCUT2D eigenvalue weighted by atomic mass is 35.5. The first kappa shape index (κ1) is 9.73. The molecule has 13 heavy (non-hydrogen) atoms. The molecule has 0 saturated heterocycles. The zero-order chi connectivity index (χ0) is 10.0. The third-order valence-corrected chi connectivity index (χ3v) is 1.70.